The third-order valence-corrected chi connectivity index (χ3v) is 5.41. The third-order valence-electron chi connectivity index (χ3n) is 4.11. The van der Waals surface area contributed by atoms with E-state index in [4.69, 9.17) is 26.2 Å². The molecule has 1 amide bonds. The van der Waals surface area contributed by atoms with Gasteiger partial charge in [0.25, 0.3) is 0 Å². The number of rotatable bonds is 7. The Kier molecular flexibility index (Phi) is 6.61. The molecule has 0 aliphatic rings. The quantitative estimate of drug-likeness (QED) is 0.571. The average Bonchev–Trinajstić information content (AvgIpc) is 2.70. The number of methoxy groups -OCH3 is 1. The van der Waals surface area contributed by atoms with Crippen LogP contribution < -0.4 is 19.9 Å². The number of benzene rings is 3. The number of amides is 1. The van der Waals surface area contributed by atoms with Gasteiger partial charge in [-0.2, -0.15) is 0 Å². The summed E-state index contributed by atoms with van der Waals surface area (Å²) >= 11 is 6.07. The molecule has 0 saturated carbocycles. The van der Waals surface area contributed by atoms with E-state index in [-0.39, 0.29) is 28.7 Å². The van der Waals surface area contributed by atoms with Crippen LogP contribution in [0.4, 0.5) is 5.69 Å². The van der Waals surface area contributed by atoms with Crippen molar-refractivity contribution in [2.75, 3.05) is 12.4 Å². The first-order valence-corrected chi connectivity index (χ1v) is 10.7. The Bertz CT molecular complexity index is 1180. The summed E-state index contributed by atoms with van der Waals surface area (Å²) in [4.78, 5) is 12.1. The highest BCUT2D eigenvalue weighted by Crippen LogP contribution is 2.32. The fourth-order valence-corrected chi connectivity index (χ4v) is 3.59. The monoisotopic (exact) mass is 446 g/mol. The van der Waals surface area contributed by atoms with E-state index >= 15 is 0 Å². The van der Waals surface area contributed by atoms with Crippen LogP contribution in [0, 0.1) is 0 Å². The molecule has 0 heterocycles. The zero-order chi connectivity index (χ0) is 21.7. The van der Waals surface area contributed by atoms with Crippen molar-refractivity contribution in [3.63, 3.8) is 0 Å². The molecule has 0 unspecified atom stereocenters. The van der Waals surface area contributed by atoms with Gasteiger partial charge in [0.05, 0.1) is 13.5 Å². The molecule has 0 aliphatic carbocycles. The summed E-state index contributed by atoms with van der Waals surface area (Å²) in [6.45, 7) is 0. The maximum atomic E-state index is 12.3. The number of nitrogens with two attached hydrogens (primary N) is 1. The fraction of sp³-hybridized carbons (Fsp3) is 0.0952. The highest BCUT2D eigenvalue weighted by Gasteiger charge is 2.18. The van der Waals surface area contributed by atoms with Gasteiger partial charge in [-0.1, -0.05) is 35.9 Å². The highest BCUT2D eigenvalue weighted by atomic mass is 35.5. The molecule has 30 heavy (non-hydrogen) atoms. The Labute approximate surface area is 179 Å². The van der Waals surface area contributed by atoms with Crippen LogP contribution in [0.25, 0.3) is 0 Å². The van der Waals surface area contributed by atoms with Gasteiger partial charge in [-0.15, -0.1) is 0 Å². The second-order valence-corrected chi connectivity index (χ2v) is 8.24. The Balaban J connectivity index is 1.84. The Morgan fingerprint density at radius 2 is 1.77 bits per heavy atom. The van der Waals surface area contributed by atoms with E-state index < -0.39 is 10.0 Å². The number of halogens is 1. The zero-order valence-corrected chi connectivity index (χ0v) is 17.5. The van der Waals surface area contributed by atoms with E-state index in [2.05, 4.69) is 5.32 Å². The van der Waals surface area contributed by atoms with Crippen LogP contribution in [-0.2, 0) is 21.2 Å². The number of hydrogen-bond donors (Lipinski definition) is 2. The van der Waals surface area contributed by atoms with Gasteiger partial charge in [-0.25, -0.2) is 13.6 Å². The highest BCUT2D eigenvalue weighted by molar-refractivity contribution is 7.89. The number of carbonyl (C=O) groups excluding carboxylic acids is 1. The van der Waals surface area contributed by atoms with Crippen LogP contribution in [0.5, 0.6) is 17.2 Å². The number of hydrogen-bond acceptors (Lipinski definition) is 5. The van der Waals surface area contributed by atoms with E-state index in [0.29, 0.717) is 22.1 Å². The lowest BCUT2D eigenvalue weighted by atomic mass is 10.1. The van der Waals surface area contributed by atoms with Crippen LogP contribution in [0.3, 0.4) is 0 Å². The normalized spacial score (nSPS) is 11.0. The maximum absolute atomic E-state index is 12.3. The van der Waals surface area contributed by atoms with Crippen molar-refractivity contribution in [1.82, 2.24) is 0 Å². The first kappa shape index (κ1) is 21.6. The van der Waals surface area contributed by atoms with Crippen LogP contribution in [0.15, 0.2) is 71.6 Å². The van der Waals surface area contributed by atoms with E-state index in [9.17, 15) is 13.2 Å². The lowest BCUT2D eigenvalue weighted by Gasteiger charge is -2.13. The molecule has 0 saturated heterocycles. The van der Waals surface area contributed by atoms with Crippen LogP contribution in [-0.4, -0.2) is 21.4 Å². The second kappa shape index (κ2) is 9.17. The molecule has 0 spiro atoms. The minimum atomic E-state index is -4.12. The molecular formula is C21H19ClN2O5S. The molecule has 0 radical (unpaired) electrons. The summed E-state index contributed by atoms with van der Waals surface area (Å²) in [7, 11) is -2.61. The minimum absolute atomic E-state index is 0.0230. The summed E-state index contributed by atoms with van der Waals surface area (Å²) in [5.74, 6) is 0.586. The van der Waals surface area contributed by atoms with Crippen molar-refractivity contribution in [2.24, 2.45) is 5.14 Å². The lowest BCUT2D eigenvalue weighted by molar-refractivity contribution is -0.115. The van der Waals surface area contributed by atoms with Gasteiger partial charge in [0.15, 0.2) is 0 Å². The van der Waals surface area contributed by atoms with E-state index in [1.165, 1.54) is 25.3 Å². The Morgan fingerprint density at radius 1 is 1.03 bits per heavy atom. The number of primary sulfonamides is 1. The molecule has 156 valence electrons. The van der Waals surface area contributed by atoms with E-state index in [1.54, 1.807) is 48.5 Å². The molecule has 0 aliphatic heterocycles. The van der Waals surface area contributed by atoms with Crippen molar-refractivity contribution in [3.8, 4) is 17.2 Å². The van der Waals surface area contributed by atoms with E-state index in [0.717, 1.165) is 0 Å². The topological polar surface area (TPSA) is 108 Å². The summed E-state index contributed by atoms with van der Waals surface area (Å²) < 4.78 is 35.0. The predicted octanol–water partition coefficient (Wildman–Crippen LogP) is 3.97. The van der Waals surface area contributed by atoms with E-state index in [1.807, 2.05) is 0 Å². The number of ether oxygens (including phenoxy) is 2. The smallest absolute Gasteiger partial charge is 0.241 e. The van der Waals surface area contributed by atoms with Gasteiger partial charge < -0.3 is 14.8 Å². The largest absolute Gasteiger partial charge is 0.497 e. The van der Waals surface area contributed by atoms with Gasteiger partial charge in [-0.3, -0.25) is 4.79 Å². The number of carbonyl (C=O) groups is 1. The van der Waals surface area contributed by atoms with Gasteiger partial charge in [0, 0.05) is 16.8 Å². The molecule has 3 N–H and O–H groups in total. The third kappa shape index (κ3) is 5.50. The summed E-state index contributed by atoms with van der Waals surface area (Å²) in [5, 5.41) is 8.47. The van der Waals surface area contributed by atoms with Crippen LogP contribution in [0.2, 0.25) is 5.02 Å². The van der Waals surface area contributed by atoms with Crippen molar-refractivity contribution in [1.29, 1.82) is 0 Å². The second-order valence-electron chi connectivity index (χ2n) is 6.30. The van der Waals surface area contributed by atoms with Gasteiger partial charge in [0.2, 0.25) is 15.9 Å². The van der Waals surface area contributed by atoms with Gasteiger partial charge in [-0.05, 0) is 42.0 Å². The Morgan fingerprint density at radius 3 is 2.47 bits per heavy atom. The maximum Gasteiger partial charge on any atom is 0.241 e. The zero-order valence-electron chi connectivity index (χ0n) is 16.0. The van der Waals surface area contributed by atoms with Crippen molar-refractivity contribution < 1.29 is 22.7 Å². The number of anilines is 1. The van der Waals surface area contributed by atoms with Crippen LogP contribution in [0.1, 0.15) is 5.56 Å². The Hall–Kier alpha value is -3.07. The molecule has 9 heteroatoms. The average molecular weight is 447 g/mol. The SMILES string of the molecule is COc1cccc(Oc2ccc(NC(=O)Cc3ccccc3Cl)cc2S(N)(=O)=O)c1. The first-order valence-electron chi connectivity index (χ1n) is 8.78. The molecular weight excluding hydrogens is 428 g/mol. The van der Waals surface area contributed by atoms with Crippen molar-refractivity contribution >= 4 is 33.2 Å². The minimum Gasteiger partial charge on any atom is -0.497 e. The molecule has 0 bridgehead atoms. The fourth-order valence-electron chi connectivity index (χ4n) is 2.70. The molecule has 3 aromatic rings. The molecule has 3 aromatic carbocycles. The standard InChI is InChI=1S/C21H19ClN2O5S/c1-28-16-6-4-7-17(13-16)29-19-10-9-15(12-20(19)30(23,26)27)24-21(25)11-14-5-2-3-8-18(14)22/h2-10,12-13H,11H2,1H3,(H,24,25)(H2,23,26,27). The van der Waals surface area contributed by atoms with Crippen LogP contribution >= 0.6 is 11.6 Å². The molecule has 0 aromatic heterocycles. The molecule has 7 nitrogen and oxygen atoms in total. The van der Waals surface area contributed by atoms with Gasteiger partial charge in [0.1, 0.15) is 22.1 Å². The lowest BCUT2D eigenvalue weighted by Crippen LogP contribution is -2.17. The predicted molar refractivity (Wildman–Crippen MR) is 115 cm³/mol. The summed E-state index contributed by atoms with van der Waals surface area (Å²) in [5.41, 5.74) is 0.912. The molecule has 0 atom stereocenters. The molecule has 0 fully saturated rings. The summed E-state index contributed by atoms with van der Waals surface area (Å²) in [6, 6.07) is 17.8. The number of nitrogens with one attached hydrogen (secondary N) is 1. The first-order chi connectivity index (χ1) is 14.3. The van der Waals surface area contributed by atoms with Crippen molar-refractivity contribution in [3.05, 3.63) is 77.3 Å². The number of sulfonamides is 1. The summed E-state index contributed by atoms with van der Waals surface area (Å²) in [6.07, 6.45) is 0.0342. The van der Waals surface area contributed by atoms with Gasteiger partial charge >= 0.3 is 0 Å². The molecule has 3 rings (SSSR count). The van der Waals surface area contributed by atoms with Crippen molar-refractivity contribution in [2.45, 2.75) is 11.3 Å².